The van der Waals surface area contributed by atoms with Gasteiger partial charge in [-0.25, -0.2) is 8.78 Å². The summed E-state index contributed by atoms with van der Waals surface area (Å²) in [4.78, 5) is 0. The molecule has 0 saturated heterocycles. The van der Waals surface area contributed by atoms with Crippen LogP contribution in [0.3, 0.4) is 0 Å². The van der Waals surface area contributed by atoms with Gasteiger partial charge in [0, 0.05) is 30.2 Å². The number of nitrogens with zero attached hydrogens (tertiary/aromatic N) is 1. The van der Waals surface area contributed by atoms with Crippen molar-refractivity contribution in [1.29, 1.82) is 0 Å². The molecule has 1 aromatic heterocycles. The van der Waals surface area contributed by atoms with Gasteiger partial charge >= 0.3 is 0 Å². The Morgan fingerprint density at radius 1 is 1.19 bits per heavy atom. The molecule has 2 N–H and O–H groups in total. The first-order valence-corrected chi connectivity index (χ1v) is 5.20. The Bertz CT molecular complexity index is 544. The normalized spacial score (nSPS) is 11.3. The van der Waals surface area contributed by atoms with E-state index in [0.717, 1.165) is 11.8 Å². The van der Waals surface area contributed by atoms with Gasteiger partial charge in [-0.15, -0.1) is 0 Å². The molecule has 0 atom stereocenters. The van der Waals surface area contributed by atoms with Crippen LogP contribution in [0, 0.1) is 25.5 Å². The summed E-state index contributed by atoms with van der Waals surface area (Å²) in [7, 11) is 0. The zero-order valence-electron chi connectivity index (χ0n) is 9.35. The smallest absolute Gasteiger partial charge is 0.150 e. The van der Waals surface area contributed by atoms with Crippen molar-refractivity contribution in [1.82, 2.24) is 4.57 Å². The van der Waals surface area contributed by atoms with Gasteiger partial charge in [-0.2, -0.15) is 0 Å². The molecule has 0 unspecified atom stereocenters. The van der Waals surface area contributed by atoms with Crippen molar-refractivity contribution >= 4 is 10.9 Å². The average Bonchev–Trinajstić information content (AvgIpc) is 2.54. The standard InChI is InChI=1S/C12H14F2N2/c1-7-5-9-8(2)10(13)6-11(14)12(9)16(7)4-3-15/h5-6H,3-4,15H2,1-2H3. The second-order valence-electron chi connectivity index (χ2n) is 3.95. The molecule has 0 aliphatic heterocycles. The number of nitrogens with two attached hydrogens (primary N) is 1. The fraction of sp³-hybridized carbons (Fsp3) is 0.333. The fourth-order valence-corrected chi connectivity index (χ4v) is 2.05. The van der Waals surface area contributed by atoms with E-state index in [4.69, 9.17) is 5.73 Å². The molecule has 0 aliphatic carbocycles. The summed E-state index contributed by atoms with van der Waals surface area (Å²) in [5, 5.41) is 0.628. The molecule has 0 fully saturated rings. The summed E-state index contributed by atoms with van der Waals surface area (Å²) < 4.78 is 28.9. The molecular formula is C12H14F2N2. The van der Waals surface area contributed by atoms with Gasteiger partial charge in [-0.05, 0) is 25.5 Å². The van der Waals surface area contributed by atoms with Gasteiger partial charge in [0.1, 0.15) is 11.6 Å². The molecule has 4 heteroatoms. The molecule has 1 aromatic carbocycles. The molecule has 2 nitrogen and oxygen atoms in total. The highest BCUT2D eigenvalue weighted by Crippen LogP contribution is 2.27. The van der Waals surface area contributed by atoms with Crippen LogP contribution in [-0.4, -0.2) is 11.1 Å². The van der Waals surface area contributed by atoms with Crippen LogP contribution in [-0.2, 0) is 6.54 Å². The summed E-state index contributed by atoms with van der Waals surface area (Å²) in [5.41, 5.74) is 7.30. The highest BCUT2D eigenvalue weighted by molar-refractivity contribution is 5.85. The minimum atomic E-state index is -0.528. The van der Waals surface area contributed by atoms with Gasteiger partial charge < -0.3 is 10.3 Å². The summed E-state index contributed by atoms with van der Waals surface area (Å²) in [6.07, 6.45) is 0. The Hall–Kier alpha value is -1.42. The minimum Gasteiger partial charge on any atom is -0.341 e. The maximum atomic E-state index is 13.7. The highest BCUT2D eigenvalue weighted by atomic mass is 19.1. The molecule has 0 saturated carbocycles. The van der Waals surface area contributed by atoms with Gasteiger partial charge in [0.2, 0.25) is 0 Å². The Kier molecular flexibility index (Phi) is 2.68. The molecule has 0 spiro atoms. The van der Waals surface area contributed by atoms with Gasteiger partial charge in [-0.1, -0.05) is 0 Å². The fourth-order valence-electron chi connectivity index (χ4n) is 2.05. The lowest BCUT2D eigenvalue weighted by atomic mass is 10.1. The Morgan fingerprint density at radius 2 is 1.88 bits per heavy atom. The van der Waals surface area contributed by atoms with Crippen molar-refractivity contribution in [3.63, 3.8) is 0 Å². The molecule has 0 bridgehead atoms. The number of hydrogen-bond donors (Lipinski definition) is 1. The third-order valence-electron chi connectivity index (χ3n) is 2.90. The van der Waals surface area contributed by atoms with E-state index >= 15 is 0 Å². The molecule has 2 rings (SSSR count). The highest BCUT2D eigenvalue weighted by Gasteiger charge is 2.14. The van der Waals surface area contributed by atoms with Gasteiger partial charge in [0.05, 0.1) is 5.52 Å². The zero-order valence-corrected chi connectivity index (χ0v) is 9.35. The molecule has 86 valence electrons. The Morgan fingerprint density at radius 3 is 2.50 bits per heavy atom. The number of rotatable bonds is 2. The summed E-state index contributed by atoms with van der Waals surface area (Å²) in [6.45, 7) is 4.49. The van der Waals surface area contributed by atoms with Crippen molar-refractivity contribution < 1.29 is 8.78 Å². The minimum absolute atomic E-state index is 0.431. The van der Waals surface area contributed by atoms with E-state index in [1.807, 2.05) is 6.92 Å². The van der Waals surface area contributed by atoms with Crippen LogP contribution in [0.4, 0.5) is 8.78 Å². The van der Waals surface area contributed by atoms with Crippen molar-refractivity contribution in [2.75, 3.05) is 6.54 Å². The predicted molar refractivity (Wildman–Crippen MR) is 60.4 cm³/mol. The van der Waals surface area contributed by atoms with Crippen LogP contribution in [0.15, 0.2) is 12.1 Å². The van der Waals surface area contributed by atoms with Crippen LogP contribution in [0.1, 0.15) is 11.3 Å². The topological polar surface area (TPSA) is 30.9 Å². The Balaban J connectivity index is 2.83. The number of hydrogen-bond acceptors (Lipinski definition) is 1. The quantitative estimate of drug-likeness (QED) is 0.834. The van der Waals surface area contributed by atoms with Crippen LogP contribution >= 0.6 is 0 Å². The molecule has 0 amide bonds. The maximum Gasteiger partial charge on any atom is 0.150 e. The summed E-state index contributed by atoms with van der Waals surface area (Å²) >= 11 is 0. The van der Waals surface area contributed by atoms with E-state index in [-0.39, 0.29) is 0 Å². The van der Waals surface area contributed by atoms with Gasteiger partial charge in [0.25, 0.3) is 0 Å². The van der Waals surface area contributed by atoms with E-state index < -0.39 is 11.6 Å². The summed E-state index contributed by atoms with van der Waals surface area (Å²) in [6, 6.07) is 2.73. The van der Waals surface area contributed by atoms with E-state index in [9.17, 15) is 8.78 Å². The zero-order chi connectivity index (χ0) is 11.9. The number of halogens is 2. The average molecular weight is 224 g/mol. The van der Waals surface area contributed by atoms with Crippen molar-refractivity contribution in [2.24, 2.45) is 5.73 Å². The number of aryl methyl sites for hydroxylation is 2. The predicted octanol–water partition coefficient (Wildman–Crippen LogP) is 2.50. The number of benzene rings is 1. The third kappa shape index (κ3) is 1.50. The maximum absolute atomic E-state index is 13.7. The molecule has 2 aromatic rings. The van der Waals surface area contributed by atoms with E-state index in [1.54, 1.807) is 17.6 Å². The lowest BCUT2D eigenvalue weighted by molar-refractivity contribution is 0.579. The van der Waals surface area contributed by atoms with E-state index in [0.29, 0.717) is 29.6 Å². The van der Waals surface area contributed by atoms with Crippen molar-refractivity contribution in [3.8, 4) is 0 Å². The van der Waals surface area contributed by atoms with Gasteiger partial charge in [0.15, 0.2) is 0 Å². The molecular weight excluding hydrogens is 210 g/mol. The van der Waals surface area contributed by atoms with E-state index in [1.165, 1.54) is 0 Å². The number of fused-ring (bicyclic) bond motifs is 1. The molecule has 0 aliphatic rings. The lowest BCUT2D eigenvalue weighted by Crippen LogP contribution is -2.11. The van der Waals surface area contributed by atoms with Crippen LogP contribution in [0.25, 0.3) is 10.9 Å². The first-order valence-electron chi connectivity index (χ1n) is 5.20. The largest absolute Gasteiger partial charge is 0.341 e. The van der Waals surface area contributed by atoms with Crippen molar-refractivity contribution in [2.45, 2.75) is 20.4 Å². The van der Waals surface area contributed by atoms with Crippen LogP contribution < -0.4 is 5.73 Å². The van der Waals surface area contributed by atoms with Crippen LogP contribution in [0.5, 0.6) is 0 Å². The van der Waals surface area contributed by atoms with E-state index in [2.05, 4.69) is 0 Å². The van der Waals surface area contributed by atoms with Crippen LogP contribution in [0.2, 0.25) is 0 Å². The first kappa shape index (κ1) is 11.1. The third-order valence-corrected chi connectivity index (χ3v) is 2.90. The summed E-state index contributed by atoms with van der Waals surface area (Å²) in [5.74, 6) is -1.03. The Labute approximate surface area is 92.7 Å². The van der Waals surface area contributed by atoms with Gasteiger partial charge in [-0.3, -0.25) is 0 Å². The monoisotopic (exact) mass is 224 g/mol. The molecule has 16 heavy (non-hydrogen) atoms. The second kappa shape index (κ2) is 3.87. The SMILES string of the molecule is Cc1c(F)cc(F)c2c1cc(C)n2CCN. The molecule has 0 radical (unpaired) electrons. The lowest BCUT2D eigenvalue weighted by Gasteiger charge is -2.07. The molecule has 1 heterocycles. The van der Waals surface area contributed by atoms with Crippen molar-refractivity contribution in [3.05, 3.63) is 35.0 Å². The second-order valence-corrected chi connectivity index (χ2v) is 3.95. The number of aromatic nitrogens is 1. The first-order chi connectivity index (χ1) is 7.56.